The minimum Gasteiger partial charge on any atom is -0.0965 e. The molecule has 0 amide bonds. The van der Waals surface area contributed by atoms with Gasteiger partial charge in [0.2, 0.25) is 6.17 Å². The van der Waals surface area contributed by atoms with Gasteiger partial charge >= 0.3 is 0 Å². The summed E-state index contributed by atoms with van der Waals surface area (Å²) < 4.78 is 0. The van der Waals surface area contributed by atoms with Gasteiger partial charge in [0.25, 0.3) is 0 Å². The Morgan fingerprint density at radius 2 is 1.68 bits per heavy atom. The quantitative estimate of drug-likeness (QED) is 0.681. The predicted octanol–water partition coefficient (Wildman–Crippen LogP) is 4.17. The summed E-state index contributed by atoms with van der Waals surface area (Å²) in [4.78, 5) is 8.84. The van der Waals surface area contributed by atoms with Gasteiger partial charge in [-0.25, -0.2) is 0 Å². The maximum Gasteiger partial charge on any atom is 0.244 e. The highest BCUT2D eigenvalue weighted by molar-refractivity contribution is 6.18. The number of benzene rings is 1. The Morgan fingerprint density at radius 3 is 2.21 bits per heavy atom. The first-order valence-corrected chi connectivity index (χ1v) is 7.19. The summed E-state index contributed by atoms with van der Waals surface area (Å²) in [6.07, 6.45) is 6.82. The van der Waals surface area contributed by atoms with Crippen molar-refractivity contribution in [1.82, 2.24) is 0 Å². The van der Waals surface area contributed by atoms with E-state index in [1.165, 1.54) is 5.56 Å². The molecule has 0 radical (unpaired) electrons. The molecule has 0 spiro atoms. The first-order valence-electron chi connectivity index (χ1n) is 7.19. The maximum absolute atomic E-state index is 4.42. The molecule has 2 unspecified atom stereocenters. The smallest absolute Gasteiger partial charge is 0.0965 e. The lowest BCUT2D eigenvalue weighted by atomic mass is 9.76. The highest BCUT2D eigenvalue weighted by atomic mass is 15.0. The Morgan fingerprint density at radius 1 is 1.05 bits per heavy atom. The fraction of sp³-hybridized carbons (Fsp3) is 0.471. The van der Waals surface area contributed by atoms with Crippen LogP contribution in [0.2, 0.25) is 0 Å². The lowest BCUT2D eigenvalue weighted by molar-refractivity contribution is 0.252. The fourth-order valence-electron chi connectivity index (χ4n) is 2.85. The van der Waals surface area contributed by atoms with Crippen molar-refractivity contribution in [3.8, 4) is 0 Å². The molecule has 1 aliphatic heterocycles. The highest BCUT2D eigenvalue weighted by Crippen LogP contribution is 2.36. The van der Waals surface area contributed by atoms with Crippen LogP contribution in [-0.4, -0.2) is 12.4 Å². The van der Waals surface area contributed by atoms with E-state index in [0.717, 1.165) is 19.0 Å². The SMILES string of the molecule is CCC([C+]1N=CC=N1)C(Cc1ccccc1)C(C)C. The second kappa shape index (κ2) is 6.55. The highest BCUT2D eigenvalue weighted by Gasteiger charge is 2.35. The topological polar surface area (TPSA) is 24.7 Å². The number of aliphatic imine (C=N–C) groups is 2. The van der Waals surface area contributed by atoms with Gasteiger partial charge in [0.1, 0.15) is 0 Å². The first-order chi connectivity index (χ1) is 9.22. The van der Waals surface area contributed by atoms with Crippen molar-refractivity contribution < 1.29 is 0 Å². The van der Waals surface area contributed by atoms with E-state index in [2.05, 4.69) is 61.1 Å². The molecule has 0 aliphatic carbocycles. The third-order valence-electron chi connectivity index (χ3n) is 3.94. The minimum absolute atomic E-state index is 0.454. The third-order valence-corrected chi connectivity index (χ3v) is 3.94. The number of rotatable bonds is 6. The average Bonchev–Trinajstić information content (AvgIpc) is 2.93. The van der Waals surface area contributed by atoms with Gasteiger partial charge in [-0.05, 0) is 30.2 Å². The van der Waals surface area contributed by atoms with E-state index in [1.807, 2.05) is 0 Å². The van der Waals surface area contributed by atoms with Gasteiger partial charge in [0.15, 0.2) is 12.4 Å². The standard InChI is InChI=1S/C17H23N2/c1-4-15(17-18-10-11-19-17)16(13(2)3)12-14-8-6-5-7-9-14/h5-11,13,15-16H,4,12H2,1-3H3/q+1. The van der Waals surface area contributed by atoms with Gasteiger partial charge in [-0.15, -0.1) is 0 Å². The Labute approximate surface area is 116 Å². The molecule has 0 aromatic heterocycles. The molecule has 1 aromatic rings. The van der Waals surface area contributed by atoms with Crippen molar-refractivity contribution in [3.05, 3.63) is 42.1 Å². The fourth-order valence-corrected chi connectivity index (χ4v) is 2.85. The summed E-state index contributed by atoms with van der Waals surface area (Å²) in [6, 6.07) is 10.7. The van der Waals surface area contributed by atoms with Crippen molar-refractivity contribution in [3.63, 3.8) is 0 Å². The Balaban J connectivity index is 2.14. The molecule has 19 heavy (non-hydrogen) atoms. The van der Waals surface area contributed by atoms with Crippen molar-refractivity contribution >= 4 is 12.4 Å². The van der Waals surface area contributed by atoms with Crippen LogP contribution >= 0.6 is 0 Å². The van der Waals surface area contributed by atoms with Crippen molar-refractivity contribution in [2.24, 2.45) is 27.7 Å². The average molecular weight is 255 g/mol. The van der Waals surface area contributed by atoms with Crippen LogP contribution in [0.1, 0.15) is 32.8 Å². The molecule has 0 N–H and O–H groups in total. The summed E-state index contributed by atoms with van der Waals surface area (Å²) in [6.45, 7) is 6.85. The van der Waals surface area contributed by atoms with Crippen LogP contribution in [0, 0.1) is 23.9 Å². The molecule has 1 heterocycles. The van der Waals surface area contributed by atoms with E-state index in [1.54, 1.807) is 12.4 Å². The van der Waals surface area contributed by atoms with Gasteiger partial charge in [-0.3, -0.25) is 0 Å². The molecule has 2 rings (SSSR count). The molecule has 0 fully saturated rings. The molecule has 2 atom stereocenters. The molecule has 0 bridgehead atoms. The van der Waals surface area contributed by atoms with Crippen LogP contribution in [0.5, 0.6) is 0 Å². The third kappa shape index (κ3) is 3.46. The van der Waals surface area contributed by atoms with E-state index >= 15 is 0 Å². The van der Waals surface area contributed by atoms with Crippen molar-refractivity contribution in [2.75, 3.05) is 0 Å². The second-order valence-corrected chi connectivity index (χ2v) is 5.53. The van der Waals surface area contributed by atoms with Crippen LogP contribution in [0.3, 0.4) is 0 Å². The molecule has 100 valence electrons. The van der Waals surface area contributed by atoms with Crippen LogP contribution < -0.4 is 0 Å². The Hall–Kier alpha value is -1.57. The molecule has 1 aromatic carbocycles. The normalized spacial score (nSPS) is 17.2. The second-order valence-electron chi connectivity index (χ2n) is 5.53. The largest absolute Gasteiger partial charge is 0.244 e. The monoisotopic (exact) mass is 255 g/mol. The lowest BCUT2D eigenvalue weighted by Gasteiger charge is -2.28. The van der Waals surface area contributed by atoms with Gasteiger partial charge in [0, 0.05) is 0 Å². The molecular formula is C17H23N2+. The number of nitrogens with zero attached hydrogens (tertiary/aromatic N) is 2. The molecular weight excluding hydrogens is 232 g/mol. The van der Waals surface area contributed by atoms with Crippen molar-refractivity contribution in [1.29, 1.82) is 0 Å². The van der Waals surface area contributed by atoms with Gasteiger partial charge < -0.3 is 0 Å². The van der Waals surface area contributed by atoms with E-state index in [4.69, 9.17) is 0 Å². The van der Waals surface area contributed by atoms with E-state index < -0.39 is 0 Å². The van der Waals surface area contributed by atoms with Crippen molar-refractivity contribution in [2.45, 2.75) is 33.6 Å². The molecule has 2 heteroatoms. The molecule has 0 saturated heterocycles. The van der Waals surface area contributed by atoms with Crippen LogP contribution in [-0.2, 0) is 6.42 Å². The number of hydrogen-bond donors (Lipinski definition) is 0. The minimum atomic E-state index is 0.454. The van der Waals surface area contributed by atoms with Crippen LogP contribution in [0.15, 0.2) is 40.3 Å². The summed E-state index contributed by atoms with van der Waals surface area (Å²) >= 11 is 0. The van der Waals surface area contributed by atoms with Crippen LogP contribution in [0.25, 0.3) is 0 Å². The number of hydrogen-bond acceptors (Lipinski definition) is 2. The molecule has 1 aliphatic rings. The zero-order chi connectivity index (χ0) is 13.7. The van der Waals surface area contributed by atoms with Crippen LogP contribution in [0.4, 0.5) is 0 Å². The maximum atomic E-state index is 4.42. The summed E-state index contributed by atoms with van der Waals surface area (Å²) in [7, 11) is 0. The summed E-state index contributed by atoms with van der Waals surface area (Å²) in [5.41, 5.74) is 1.41. The Bertz CT molecular complexity index is 422. The van der Waals surface area contributed by atoms with E-state index in [0.29, 0.717) is 17.8 Å². The Kier molecular flexibility index (Phi) is 4.78. The zero-order valence-corrected chi connectivity index (χ0v) is 12.1. The molecule has 0 saturated carbocycles. The predicted molar refractivity (Wildman–Crippen MR) is 82.5 cm³/mol. The van der Waals surface area contributed by atoms with E-state index in [-0.39, 0.29) is 0 Å². The zero-order valence-electron chi connectivity index (χ0n) is 12.1. The van der Waals surface area contributed by atoms with E-state index in [9.17, 15) is 0 Å². The molecule has 2 nitrogen and oxygen atoms in total. The lowest BCUT2D eigenvalue weighted by Crippen LogP contribution is -2.25. The van der Waals surface area contributed by atoms with Gasteiger partial charge in [0.05, 0.1) is 5.92 Å². The van der Waals surface area contributed by atoms with Gasteiger partial charge in [-0.2, -0.15) is 0 Å². The van der Waals surface area contributed by atoms with Gasteiger partial charge in [-0.1, -0.05) is 61.1 Å². The summed E-state index contributed by atoms with van der Waals surface area (Å²) in [5.74, 6) is 1.67. The first kappa shape index (κ1) is 13.9. The summed E-state index contributed by atoms with van der Waals surface area (Å²) in [5, 5.41) is 0.